The molecule has 2 N–H and O–H groups in total. The molecule has 2 rings (SSSR count). The number of nitrogens with one attached hydrogen (secondary N) is 2. The molecule has 4 heteroatoms. The predicted molar refractivity (Wildman–Crippen MR) is 43.2 cm³/mol. The van der Waals surface area contributed by atoms with Gasteiger partial charge < -0.3 is 10.6 Å². The Morgan fingerprint density at radius 3 is 2.82 bits per heavy atom. The molecule has 56 valence electrons. The Kier molecular flexibility index (Phi) is 1.25. The maximum atomic E-state index is 4.04. The Hall–Kier alpha value is -1.58. The van der Waals surface area contributed by atoms with Gasteiger partial charge in [-0.3, -0.25) is 0 Å². The fourth-order valence-corrected chi connectivity index (χ4v) is 1.00. The van der Waals surface area contributed by atoms with Gasteiger partial charge >= 0.3 is 0 Å². The molecule has 11 heavy (non-hydrogen) atoms. The van der Waals surface area contributed by atoms with Crippen LogP contribution in [0.15, 0.2) is 18.7 Å². The summed E-state index contributed by atoms with van der Waals surface area (Å²) in [6.45, 7) is 1.94. The maximum Gasteiger partial charge on any atom is 0.157 e. The average molecular weight is 148 g/mol. The van der Waals surface area contributed by atoms with Gasteiger partial charge in [-0.05, 0) is 6.92 Å². The molecule has 0 radical (unpaired) electrons. The minimum Gasteiger partial charge on any atom is -0.356 e. The standard InChI is InChI=1S/C7H8N4/c1-5-6-7(11-4-10-5)9-3-2-8-6/h2-4,8H,1H3,(H,9,10,11). The molecular formula is C7H8N4. The summed E-state index contributed by atoms with van der Waals surface area (Å²) in [6, 6.07) is 0. The van der Waals surface area contributed by atoms with E-state index in [4.69, 9.17) is 0 Å². The van der Waals surface area contributed by atoms with Gasteiger partial charge in [0.05, 0.1) is 5.69 Å². The predicted octanol–water partition coefficient (Wildman–Crippen LogP) is 1.09. The van der Waals surface area contributed by atoms with E-state index in [1.807, 2.05) is 13.1 Å². The Balaban J connectivity index is 2.54. The first-order chi connectivity index (χ1) is 5.38. The van der Waals surface area contributed by atoms with Crippen LogP contribution in [0.2, 0.25) is 0 Å². The topological polar surface area (TPSA) is 49.8 Å². The summed E-state index contributed by atoms with van der Waals surface area (Å²) in [5.41, 5.74) is 1.90. The van der Waals surface area contributed by atoms with Gasteiger partial charge in [0.15, 0.2) is 5.82 Å². The highest BCUT2D eigenvalue weighted by Gasteiger charge is 2.07. The molecule has 0 aliphatic carbocycles. The van der Waals surface area contributed by atoms with Gasteiger partial charge in [-0.1, -0.05) is 0 Å². The highest BCUT2D eigenvalue weighted by atomic mass is 15.1. The molecule has 1 aliphatic heterocycles. The summed E-state index contributed by atoms with van der Waals surface area (Å²) in [4.78, 5) is 8.09. The zero-order valence-corrected chi connectivity index (χ0v) is 6.13. The summed E-state index contributed by atoms with van der Waals surface area (Å²) >= 11 is 0. The molecule has 0 aromatic carbocycles. The number of fused-ring (bicyclic) bond motifs is 1. The van der Waals surface area contributed by atoms with Crippen LogP contribution in [0.5, 0.6) is 0 Å². The molecule has 0 spiro atoms. The lowest BCUT2D eigenvalue weighted by Gasteiger charge is -2.13. The number of hydrogen-bond donors (Lipinski definition) is 2. The van der Waals surface area contributed by atoms with Crippen molar-refractivity contribution in [1.82, 2.24) is 9.97 Å². The molecule has 0 fully saturated rings. The van der Waals surface area contributed by atoms with Crippen molar-refractivity contribution in [3.8, 4) is 0 Å². The van der Waals surface area contributed by atoms with Crippen LogP contribution in [0, 0.1) is 6.92 Å². The van der Waals surface area contributed by atoms with Gasteiger partial charge in [-0.15, -0.1) is 0 Å². The smallest absolute Gasteiger partial charge is 0.157 e. The number of rotatable bonds is 0. The molecule has 0 saturated carbocycles. The molecule has 0 saturated heterocycles. The first-order valence-corrected chi connectivity index (χ1v) is 3.37. The Morgan fingerprint density at radius 2 is 2.00 bits per heavy atom. The fraction of sp³-hybridized carbons (Fsp3) is 0.143. The van der Waals surface area contributed by atoms with E-state index in [1.54, 1.807) is 12.5 Å². The van der Waals surface area contributed by atoms with Crippen LogP contribution in [0.4, 0.5) is 11.5 Å². The quantitative estimate of drug-likeness (QED) is 0.578. The fourth-order valence-electron chi connectivity index (χ4n) is 1.00. The highest BCUT2D eigenvalue weighted by molar-refractivity contribution is 5.70. The zero-order valence-electron chi connectivity index (χ0n) is 6.13. The molecule has 0 atom stereocenters. The van der Waals surface area contributed by atoms with Gasteiger partial charge in [-0.25, -0.2) is 9.97 Å². The first-order valence-electron chi connectivity index (χ1n) is 3.37. The van der Waals surface area contributed by atoms with Gasteiger partial charge in [0, 0.05) is 12.4 Å². The molecule has 1 aliphatic rings. The monoisotopic (exact) mass is 148 g/mol. The van der Waals surface area contributed by atoms with Gasteiger partial charge in [-0.2, -0.15) is 0 Å². The second kappa shape index (κ2) is 2.23. The van der Waals surface area contributed by atoms with Crippen LogP contribution >= 0.6 is 0 Å². The largest absolute Gasteiger partial charge is 0.356 e. The molecular weight excluding hydrogens is 140 g/mol. The van der Waals surface area contributed by atoms with Crippen LogP contribution < -0.4 is 10.6 Å². The van der Waals surface area contributed by atoms with E-state index in [0.717, 1.165) is 17.2 Å². The maximum absolute atomic E-state index is 4.04. The molecule has 0 bridgehead atoms. The van der Waals surface area contributed by atoms with Crippen LogP contribution in [-0.4, -0.2) is 9.97 Å². The van der Waals surface area contributed by atoms with Crippen molar-refractivity contribution in [3.63, 3.8) is 0 Å². The lowest BCUT2D eigenvalue weighted by atomic mass is 10.3. The minimum atomic E-state index is 0.833. The zero-order chi connectivity index (χ0) is 7.68. The second-order valence-corrected chi connectivity index (χ2v) is 2.30. The van der Waals surface area contributed by atoms with Crippen molar-refractivity contribution in [2.75, 3.05) is 10.6 Å². The second-order valence-electron chi connectivity index (χ2n) is 2.30. The highest BCUT2D eigenvalue weighted by Crippen LogP contribution is 2.23. The lowest BCUT2D eigenvalue weighted by Crippen LogP contribution is -2.06. The van der Waals surface area contributed by atoms with Crippen molar-refractivity contribution < 1.29 is 0 Å². The van der Waals surface area contributed by atoms with E-state index in [1.165, 1.54) is 0 Å². The molecule has 1 aromatic heterocycles. The third-order valence-electron chi connectivity index (χ3n) is 1.57. The van der Waals surface area contributed by atoms with E-state index in [0.29, 0.717) is 0 Å². The molecule has 1 aromatic rings. The van der Waals surface area contributed by atoms with Gasteiger partial charge in [0.25, 0.3) is 0 Å². The molecule has 4 nitrogen and oxygen atoms in total. The lowest BCUT2D eigenvalue weighted by molar-refractivity contribution is 1.10. The minimum absolute atomic E-state index is 0.833. The molecule has 2 heterocycles. The Bertz CT molecular complexity index is 305. The van der Waals surface area contributed by atoms with Gasteiger partial charge in [0.2, 0.25) is 0 Å². The molecule has 0 unspecified atom stereocenters. The Morgan fingerprint density at radius 1 is 1.18 bits per heavy atom. The van der Waals surface area contributed by atoms with E-state index in [-0.39, 0.29) is 0 Å². The van der Waals surface area contributed by atoms with Gasteiger partial charge in [0.1, 0.15) is 12.0 Å². The van der Waals surface area contributed by atoms with E-state index < -0.39 is 0 Å². The summed E-state index contributed by atoms with van der Waals surface area (Å²) in [7, 11) is 0. The third-order valence-corrected chi connectivity index (χ3v) is 1.57. The number of aromatic nitrogens is 2. The van der Waals surface area contributed by atoms with E-state index in [9.17, 15) is 0 Å². The summed E-state index contributed by atoms with van der Waals surface area (Å²) in [5.74, 6) is 0.833. The van der Waals surface area contributed by atoms with Crippen molar-refractivity contribution in [3.05, 3.63) is 24.4 Å². The van der Waals surface area contributed by atoms with E-state index in [2.05, 4.69) is 20.6 Å². The normalized spacial score (nSPS) is 13.2. The van der Waals surface area contributed by atoms with Crippen molar-refractivity contribution in [2.45, 2.75) is 6.92 Å². The SMILES string of the molecule is Cc1ncnc2c1NC=CN2. The number of hydrogen-bond acceptors (Lipinski definition) is 4. The number of aryl methyl sites for hydroxylation is 1. The summed E-state index contributed by atoms with van der Waals surface area (Å²) < 4.78 is 0. The van der Waals surface area contributed by atoms with Crippen LogP contribution in [0.25, 0.3) is 0 Å². The number of anilines is 2. The summed E-state index contributed by atoms with van der Waals surface area (Å²) in [6.07, 6.45) is 5.16. The third kappa shape index (κ3) is 0.920. The van der Waals surface area contributed by atoms with Crippen LogP contribution in [0.1, 0.15) is 5.69 Å². The van der Waals surface area contributed by atoms with Crippen molar-refractivity contribution >= 4 is 11.5 Å². The average Bonchev–Trinajstić information content (AvgIpc) is 2.06. The van der Waals surface area contributed by atoms with Crippen LogP contribution in [-0.2, 0) is 0 Å². The van der Waals surface area contributed by atoms with E-state index >= 15 is 0 Å². The van der Waals surface area contributed by atoms with Crippen molar-refractivity contribution in [1.29, 1.82) is 0 Å². The van der Waals surface area contributed by atoms with Crippen molar-refractivity contribution in [2.24, 2.45) is 0 Å². The van der Waals surface area contributed by atoms with Crippen LogP contribution in [0.3, 0.4) is 0 Å². The number of nitrogens with zero attached hydrogens (tertiary/aromatic N) is 2. The molecule has 0 amide bonds. The summed E-state index contributed by atoms with van der Waals surface area (Å²) in [5, 5.41) is 6.07. The Labute approximate surface area is 64.4 Å². The first kappa shape index (κ1) is 6.15.